The number of carbonyl (C=O) groups is 2. The Morgan fingerprint density at radius 1 is 1.09 bits per heavy atom. The van der Waals surface area contributed by atoms with Crippen LogP contribution in [0, 0.1) is 0 Å². The minimum atomic E-state index is -4.63. The van der Waals surface area contributed by atoms with E-state index in [1.807, 2.05) is 0 Å². The minimum absolute atomic E-state index is 0.0605. The average molecular weight is 457 g/mol. The quantitative estimate of drug-likeness (QED) is 0.569. The molecule has 0 bridgehead atoms. The summed E-state index contributed by atoms with van der Waals surface area (Å²) in [4.78, 5) is 25.8. The van der Waals surface area contributed by atoms with E-state index in [4.69, 9.17) is 4.42 Å². The zero-order chi connectivity index (χ0) is 23.6. The van der Waals surface area contributed by atoms with Gasteiger partial charge in [0.15, 0.2) is 0 Å². The molecule has 2 aromatic carbocycles. The van der Waals surface area contributed by atoms with Crippen molar-refractivity contribution < 1.29 is 27.2 Å². The highest BCUT2D eigenvalue weighted by Gasteiger charge is 2.35. The summed E-state index contributed by atoms with van der Waals surface area (Å²) in [5, 5.41) is 5.94. The van der Waals surface area contributed by atoms with Crippen LogP contribution < -0.4 is 10.6 Å². The molecule has 6 nitrogen and oxygen atoms in total. The fraction of sp³-hybridized carbons (Fsp3) is 0.250. The normalized spacial score (nSPS) is 14.3. The maximum Gasteiger partial charge on any atom is 0.420 e. The molecule has 0 atom stereocenters. The van der Waals surface area contributed by atoms with Crippen molar-refractivity contribution in [1.82, 2.24) is 15.5 Å². The molecule has 1 aliphatic heterocycles. The van der Waals surface area contributed by atoms with Crippen molar-refractivity contribution in [2.45, 2.75) is 12.7 Å². The van der Waals surface area contributed by atoms with E-state index in [1.165, 1.54) is 6.07 Å². The van der Waals surface area contributed by atoms with Gasteiger partial charge < -0.3 is 20.0 Å². The number of nitrogens with zero attached hydrogens (tertiary/aromatic N) is 1. The smallest absolute Gasteiger partial charge is 0.420 e. The first-order valence-electron chi connectivity index (χ1n) is 10.4. The van der Waals surface area contributed by atoms with Crippen LogP contribution in [0.4, 0.5) is 13.2 Å². The van der Waals surface area contributed by atoms with Gasteiger partial charge in [0.2, 0.25) is 5.91 Å². The van der Waals surface area contributed by atoms with Gasteiger partial charge in [-0.2, -0.15) is 13.2 Å². The predicted molar refractivity (Wildman–Crippen MR) is 117 cm³/mol. The molecule has 0 radical (unpaired) electrons. The Bertz CT molecular complexity index is 1190. The lowest BCUT2D eigenvalue weighted by atomic mass is 9.99. The van der Waals surface area contributed by atoms with Crippen LogP contribution in [0.25, 0.3) is 22.1 Å². The van der Waals surface area contributed by atoms with E-state index in [0.717, 1.165) is 25.2 Å². The van der Waals surface area contributed by atoms with Gasteiger partial charge in [0, 0.05) is 37.1 Å². The fourth-order valence-electron chi connectivity index (χ4n) is 3.77. The molecule has 0 aliphatic carbocycles. The molecular formula is C24H22F3N3O3. The predicted octanol–water partition coefficient (Wildman–Crippen LogP) is 3.97. The molecule has 3 aromatic rings. The van der Waals surface area contributed by atoms with Crippen molar-refractivity contribution in [3.8, 4) is 11.1 Å². The maximum absolute atomic E-state index is 13.8. The molecule has 9 heteroatoms. The van der Waals surface area contributed by atoms with Crippen molar-refractivity contribution in [2.75, 3.05) is 26.2 Å². The van der Waals surface area contributed by atoms with Gasteiger partial charge in [-0.15, -0.1) is 0 Å². The van der Waals surface area contributed by atoms with Crippen LogP contribution in [-0.2, 0) is 17.5 Å². The topological polar surface area (TPSA) is 74.6 Å². The van der Waals surface area contributed by atoms with Crippen molar-refractivity contribution in [3.63, 3.8) is 0 Å². The molecule has 33 heavy (non-hydrogen) atoms. The molecule has 0 spiro atoms. The molecular weight excluding hydrogens is 435 g/mol. The molecule has 4 rings (SSSR count). The van der Waals surface area contributed by atoms with Crippen LogP contribution >= 0.6 is 0 Å². The standard InChI is InChI=1S/C24H22F3N3O3/c1-2-21(31)29-14-19-12-18-11-17(13-20(22(18)33-19)24(25,26)27)15-3-5-16(6-4-15)23(32)30-9-7-28-8-10-30/h2-6,11-13,28H,1,7-10,14H2,(H,29,31). The third-order valence-corrected chi connectivity index (χ3v) is 5.46. The van der Waals surface area contributed by atoms with Gasteiger partial charge in [0.25, 0.3) is 5.91 Å². The van der Waals surface area contributed by atoms with E-state index in [2.05, 4.69) is 17.2 Å². The number of hydrogen-bond acceptors (Lipinski definition) is 4. The van der Waals surface area contributed by atoms with Crippen molar-refractivity contribution in [2.24, 2.45) is 0 Å². The first kappa shape index (κ1) is 22.6. The van der Waals surface area contributed by atoms with Crippen LogP contribution in [0.2, 0.25) is 0 Å². The minimum Gasteiger partial charge on any atom is -0.459 e. The van der Waals surface area contributed by atoms with Crippen molar-refractivity contribution in [3.05, 3.63) is 72.0 Å². The molecule has 1 aliphatic rings. The Kier molecular flexibility index (Phi) is 6.24. The van der Waals surface area contributed by atoms with Gasteiger partial charge in [0.05, 0.1) is 12.1 Å². The van der Waals surface area contributed by atoms with Crippen LogP contribution in [0.15, 0.2) is 59.5 Å². The zero-order valence-corrected chi connectivity index (χ0v) is 17.7. The highest BCUT2D eigenvalue weighted by atomic mass is 19.4. The number of amides is 2. The maximum atomic E-state index is 13.8. The Balaban J connectivity index is 1.66. The third kappa shape index (κ3) is 4.93. The van der Waals surface area contributed by atoms with E-state index in [1.54, 1.807) is 35.2 Å². The number of furan rings is 1. The molecule has 0 unspecified atom stereocenters. The number of alkyl halides is 3. The molecule has 0 saturated carbocycles. The number of benzene rings is 2. The van der Waals surface area contributed by atoms with Gasteiger partial charge in [0.1, 0.15) is 11.3 Å². The third-order valence-electron chi connectivity index (χ3n) is 5.46. The van der Waals surface area contributed by atoms with E-state index in [0.29, 0.717) is 29.8 Å². The Morgan fingerprint density at radius 3 is 2.42 bits per heavy atom. The summed E-state index contributed by atoms with van der Waals surface area (Å²) in [5.74, 6) is -0.363. The summed E-state index contributed by atoms with van der Waals surface area (Å²) in [7, 11) is 0. The highest BCUT2D eigenvalue weighted by molar-refractivity contribution is 5.95. The fourth-order valence-corrected chi connectivity index (χ4v) is 3.77. The van der Waals surface area contributed by atoms with Crippen molar-refractivity contribution in [1.29, 1.82) is 0 Å². The number of piperazine rings is 1. The largest absolute Gasteiger partial charge is 0.459 e. The summed E-state index contributed by atoms with van der Waals surface area (Å²) < 4.78 is 46.7. The summed E-state index contributed by atoms with van der Waals surface area (Å²) >= 11 is 0. The number of nitrogens with one attached hydrogen (secondary N) is 2. The number of carbonyl (C=O) groups excluding carboxylic acids is 2. The first-order valence-corrected chi connectivity index (χ1v) is 10.4. The van der Waals surface area contributed by atoms with Crippen LogP contribution in [0.5, 0.6) is 0 Å². The lowest BCUT2D eigenvalue weighted by molar-refractivity contribution is -0.136. The summed E-state index contributed by atoms with van der Waals surface area (Å²) in [5.41, 5.74) is 0.179. The van der Waals surface area contributed by atoms with Gasteiger partial charge in [-0.05, 0) is 47.5 Å². The van der Waals surface area contributed by atoms with Crippen LogP contribution in [0.1, 0.15) is 21.7 Å². The second kappa shape index (κ2) is 9.11. The number of hydrogen-bond donors (Lipinski definition) is 2. The Hall–Kier alpha value is -3.59. The highest BCUT2D eigenvalue weighted by Crippen LogP contribution is 2.39. The van der Waals surface area contributed by atoms with Gasteiger partial charge in [-0.1, -0.05) is 18.7 Å². The first-order chi connectivity index (χ1) is 15.8. The molecule has 1 aromatic heterocycles. The number of halogens is 3. The summed E-state index contributed by atoms with van der Waals surface area (Å²) in [6.45, 7) is 5.96. The zero-order valence-electron chi connectivity index (χ0n) is 17.7. The molecule has 1 saturated heterocycles. The van der Waals surface area contributed by atoms with E-state index in [9.17, 15) is 22.8 Å². The number of rotatable bonds is 5. The van der Waals surface area contributed by atoms with E-state index < -0.39 is 17.6 Å². The summed E-state index contributed by atoms with van der Waals surface area (Å²) in [6.07, 6.45) is -3.57. The molecule has 172 valence electrons. The Labute approximate surface area is 188 Å². The van der Waals surface area contributed by atoms with Gasteiger partial charge in [-0.25, -0.2) is 0 Å². The van der Waals surface area contributed by atoms with Crippen molar-refractivity contribution >= 4 is 22.8 Å². The second-order valence-electron chi connectivity index (χ2n) is 7.69. The Morgan fingerprint density at radius 2 is 1.79 bits per heavy atom. The van der Waals surface area contributed by atoms with Gasteiger partial charge >= 0.3 is 6.18 Å². The van der Waals surface area contributed by atoms with Crippen LogP contribution in [0.3, 0.4) is 0 Å². The lowest BCUT2D eigenvalue weighted by Crippen LogP contribution is -2.46. The lowest BCUT2D eigenvalue weighted by Gasteiger charge is -2.27. The molecule has 2 heterocycles. The molecule has 2 N–H and O–H groups in total. The number of fused-ring (bicyclic) bond motifs is 1. The molecule has 2 amide bonds. The van der Waals surface area contributed by atoms with Gasteiger partial charge in [-0.3, -0.25) is 9.59 Å². The van der Waals surface area contributed by atoms with E-state index in [-0.39, 0.29) is 29.2 Å². The average Bonchev–Trinajstić information content (AvgIpc) is 3.24. The van der Waals surface area contributed by atoms with E-state index >= 15 is 0 Å². The molecule has 1 fully saturated rings. The summed E-state index contributed by atoms with van der Waals surface area (Å²) in [6, 6.07) is 10.6. The monoisotopic (exact) mass is 457 g/mol. The SMILES string of the molecule is C=CC(=O)NCc1cc2cc(-c3ccc(C(=O)N4CCNCC4)cc3)cc(C(F)(F)F)c2o1. The second-order valence-corrected chi connectivity index (χ2v) is 7.69. The van der Waals surface area contributed by atoms with Crippen LogP contribution in [-0.4, -0.2) is 42.9 Å².